The Kier molecular flexibility index (Phi) is 5.19. The SMILES string of the molecule is C[C@H]1COC(=O)N1CCC1CCN(C(=O)OC(C)(C)C)CC1. The van der Waals surface area contributed by atoms with Crippen LogP contribution in [0.5, 0.6) is 0 Å². The molecule has 0 aromatic rings. The maximum absolute atomic E-state index is 12.0. The third kappa shape index (κ3) is 4.52. The van der Waals surface area contributed by atoms with Crippen molar-refractivity contribution in [1.82, 2.24) is 9.80 Å². The van der Waals surface area contributed by atoms with Crippen molar-refractivity contribution in [3.8, 4) is 0 Å². The molecular formula is C16H28N2O4. The van der Waals surface area contributed by atoms with E-state index in [1.54, 1.807) is 9.80 Å². The quantitative estimate of drug-likeness (QED) is 0.804. The molecule has 22 heavy (non-hydrogen) atoms. The van der Waals surface area contributed by atoms with Crippen molar-refractivity contribution in [3.63, 3.8) is 0 Å². The average Bonchev–Trinajstić information content (AvgIpc) is 2.74. The summed E-state index contributed by atoms with van der Waals surface area (Å²) in [6.45, 7) is 10.4. The molecule has 0 saturated carbocycles. The Morgan fingerprint density at radius 1 is 1.32 bits per heavy atom. The Labute approximate surface area is 132 Å². The minimum atomic E-state index is -0.444. The molecule has 2 aliphatic heterocycles. The first-order valence-electron chi connectivity index (χ1n) is 8.17. The van der Waals surface area contributed by atoms with Gasteiger partial charge in [0.05, 0.1) is 6.04 Å². The number of hydrogen-bond donors (Lipinski definition) is 0. The molecule has 0 aromatic carbocycles. The zero-order chi connectivity index (χ0) is 16.3. The molecule has 2 amide bonds. The van der Waals surface area contributed by atoms with Gasteiger partial charge in [-0.2, -0.15) is 0 Å². The van der Waals surface area contributed by atoms with E-state index in [2.05, 4.69) is 0 Å². The molecule has 0 radical (unpaired) electrons. The molecule has 0 aliphatic carbocycles. The van der Waals surface area contributed by atoms with Crippen LogP contribution in [0.15, 0.2) is 0 Å². The maximum Gasteiger partial charge on any atom is 0.410 e. The lowest BCUT2D eigenvalue weighted by Gasteiger charge is -2.34. The molecule has 2 heterocycles. The van der Waals surface area contributed by atoms with Crippen LogP contribution in [-0.4, -0.2) is 59.9 Å². The number of amides is 2. The minimum Gasteiger partial charge on any atom is -0.447 e. The van der Waals surface area contributed by atoms with Crippen molar-refractivity contribution in [2.24, 2.45) is 5.92 Å². The van der Waals surface area contributed by atoms with E-state index in [0.717, 1.165) is 38.9 Å². The van der Waals surface area contributed by atoms with Crippen molar-refractivity contribution in [2.45, 2.75) is 58.6 Å². The molecule has 0 bridgehead atoms. The van der Waals surface area contributed by atoms with Crippen molar-refractivity contribution in [2.75, 3.05) is 26.2 Å². The standard InChI is InChI=1S/C16H28N2O4/c1-12-11-21-15(20)18(12)10-7-13-5-8-17(9-6-13)14(19)22-16(2,3)4/h12-13H,5-11H2,1-4H3/t12-/m0/s1. The van der Waals surface area contributed by atoms with Gasteiger partial charge in [-0.25, -0.2) is 9.59 Å². The van der Waals surface area contributed by atoms with Crippen LogP contribution in [0.4, 0.5) is 9.59 Å². The first-order chi connectivity index (χ1) is 10.3. The van der Waals surface area contributed by atoms with Crippen LogP contribution in [0.25, 0.3) is 0 Å². The maximum atomic E-state index is 12.0. The molecule has 0 spiro atoms. The third-order valence-corrected chi connectivity index (χ3v) is 4.26. The number of carbonyl (C=O) groups excluding carboxylic acids is 2. The van der Waals surface area contributed by atoms with Crippen LogP contribution in [0.2, 0.25) is 0 Å². The molecule has 6 heteroatoms. The van der Waals surface area contributed by atoms with E-state index in [9.17, 15) is 9.59 Å². The van der Waals surface area contributed by atoms with E-state index in [-0.39, 0.29) is 18.2 Å². The summed E-state index contributed by atoms with van der Waals surface area (Å²) >= 11 is 0. The lowest BCUT2D eigenvalue weighted by Crippen LogP contribution is -2.42. The molecule has 1 atom stereocenters. The highest BCUT2D eigenvalue weighted by Crippen LogP contribution is 2.24. The van der Waals surface area contributed by atoms with Gasteiger partial charge in [0.25, 0.3) is 0 Å². The predicted molar refractivity (Wildman–Crippen MR) is 82.7 cm³/mol. The van der Waals surface area contributed by atoms with E-state index in [1.807, 2.05) is 27.7 Å². The van der Waals surface area contributed by atoms with E-state index in [1.165, 1.54) is 0 Å². The third-order valence-electron chi connectivity index (χ3n) is 4.26. The second-order valence-corrected chi connectivity index (χ2v) is 7.32. The lowest BCUT2D eigenvalue weighted by molar-refractivity contribution is 0.0179. The van der Waals surface area contributed by atoms with Crippen LogP contribution < -0.4 is 0 Å². The molecular weight excluding hydrogens is 284 g/mol. The van der Waals surface area contributed by atoms with Crippen molar-refractivity contribution < 1.29 is 19.1 Å². The smallest absolute Gasteiger partial charge is 0.410 e. The summed E-state index contributed by atoms with van der Waals surface area (Å²) in [6.07, 6.45) is 2.50. The topological polar surface area (TPSA) is 59.1 Å². The number of piperidine rings is 1. The minimum absolute atomic E-state index is 0.175. The highest BCUT2D eigenvalue weighted by Gasteiger charge is 2.31. The Morgan fingerprint density at radius 3 is 2.45 bits per heavy atom. The van der Waals surface area contributed by atoms with E-state index in [0.29, 0.717) is 12.5 Å². The highest BCUT2D eigenvalue weighted by atomic mass is 16.6. The molecule has 2 aliphatic rings. The van der Waals surface area contributed by atoms with E-state index in [4.69, 9.17) is 9.47 Å². The van der Waals surface area contributed by atoms with E-state index < -0.39 is 5.60 Å². The molecule has 0 aromatic heterocycles. The van der Waals surface area contributed by atoms with Gasteiger partial charge < -0.3 is 19.3 Å². The summed E-state index contributed by atoms with van der Waals surface area (Å²) in [7, 11) is 0. The summed E-state index contributed by atoms with van der Waals surface area (Å²) in [6, 6.07) is 0.175. The first kappa shape index (κ1) is 16.9. The number of likely N-dealkylation sites (tertiary alicyclic amines) is 1. The second-order valence-electron chi connectivity index (χ2n) is 7.32. The zero-order valence-electron chi connectivity index (χ0n) is 14.1. The molecule has 0 N–H and O–H groups in total. The van der Waals surface area contributed by atoms with Crippen LogP contribution in [0.3, 0.4) is 0 Å². The number of rotatable bonds is 3. The van der Waals surface area contributed by atoms with Gasteiger partial charge in [0.2, 0.25) is 0 Å². The summed E-state index contributed by atoms with van der Waals surface area (Å²) in [4.78, 5) is 27.2. The van der Waals surface area contributed by atoms with Crippen LogP contribution in [0, 0.1) is 5.92 Å². The Balaban J connectivity index is 1.71. The number of nitrogens with zero attached hydrogens (tertiary/aromatic N) is 2. The zero-order valence-corrected chi connectivity index (χ0v) is 14.1. The van der Waals surface area contributed by atoms with Gasteiger partial charge in [-0.3, -0.25) is 0 Å². The van der Waals surface area contributed by atoms with Gasteiger partial charge in [-0.05, 0) is 52.9 Å². The first-order valence-corrected chi connectivity index (χ1v) is 8.17. The molecule has 126 valence electrons. The van der Waals surface area contributed by atoms with Gasteiger partial charge in [0.1, 0.15) is 12.2 Å². The Hall–Kier alpha value is -1.46. The highest BCUT2D eigenvalue weighted by molar-refractivity contribution is 5.70. The number of ether oxygens (including phenoxy) is 2. The number of carbonyl (C=O) groups is 2. The number of hydrogen-bond acceptors (Lipinski definition) is 4. The monoisotopic (exact) mass is 312 g/mol. The summed E-state index contributed by atoms with van der Waals surface area (Å²) < 4.78 is 10.4. The molecule has 2 fully saturated rings. The molecule has 6 nitrogen and oxygen atoms in total. The predicted octanol–water partition coefficient (Wildman–Crippen LogP) is 2.86. The summed E-state index contributed by atoms with van der Waals surface area (Å²) in [5.74, 6) is 0.555. The van der Waals surface area contributed by atoms with Crippen LogP contribution in [0.1, 0.15) is 47.0 Å². The lowest BCUT2D eigenvalue weighted by atomic mass is 9.93. The fraction of sp³-hybridized carbons (Fsp3) is 0.875. The fourth-order valence-electron chi connectivity index (χ4n) is 2.91. The average molecular weight is 312 g/mol. The van der Waals surface area contributed by atoms with Crippen LogP contribution in [-0.2, 0) is 9.47 Å². The van der Waals surface area contributed by atoms with Crippen LogP contribution >= 0.6 is 0 Å². The van der Waals surface area contributed by atoms with E-state index >= 15 is 0 Å². The summed E-state index contributed by atoms with van der Waals surface area (Å²) in [5, 5.41) is 0. The van der Waals surface area contributed by atoms with Gasteiger partial charge in [-0.15, -0.1) is 0 Å². The largest absolute Gasteiger partial charge is 0.447 e. The number of cyclic esters (lactones) is 1. The van der Waals surface area contributed by atoms with Gasteiger partial charge in [0.15, 0.2) is 0 Å². The summed E-state index contributed by atoms with van der Waals surface area (Å²) in [5.41, 5.74) is -0.444. The Morgan fingerprint density at radius 2 is 1.95 bits per heavy atom. The van der Waals surface area contributed by atoms with Gasteiger partial charge >= 0.3 is 12.2 Å². The Bertz CT molecular complexity index is 411. The van der Waals surface area contributed by atoms with Crippen molar-refractivity contribution in [1.29, 1.82) is 0 Å². The van der Waals surface area contributed by atoms with Gasteiger partial charge in [-0.1, -0.05) is 0 Å². The molecule has 2 rings (SSSR count). The molecule has 0 unspecified atom stereocenters. The van der Waals surface area contributed by atoms with Crippen molar-refractivity contribution in [3.05, 3.63) is 0 Å². The second kappa shape index (κ2) is 6.75. The fourth-order valence-corrected chi connectivity index (χ4v) is 2.91. The van der Waals surface area contributed by atoms with Crippen molar-refractivity contribution >= 4 is 12.2 Å². The van der Waals surface area contributed by atoms with Gasteiger partial charge in [0, 0.05) is 19.6 Å². The molecule has 2 saturated heterocycles. The normalized spacial score (nSPS) is 23.6.